The van der Waals surface area contributed by atoms with Gasteiger partial charge in [-0.3, -0.25) is 5.26 Å². The smallest absolute Gasteiger partial charge is 0.334 e. The number of ether oxygens (including phenoxy) is 2. The molecule has 140 valence electrons. The van der Waals surface area contributed by atoms with Crippen molar-refractivity contribution >= 4 is 11.9 Å². The molecule has 1 N–H and O–H groups in total. The predicted octanol–water partition coefficient (Wildman–Crippen LogP) is 3.12. The molecule has 0 spiro atoms. The standard InChI is InChI=1S/C20H24O6/c1-6-10(2)18(21)24-14-9-12(4)20(26-23)8-7-11(3)16(20)17-15(14)13(5)19(22)25-17/h6-7,9,14-17,23H,5,8H2,1-4H3. The van der Waals surface area contributed by atoms with Gasteiger partial charge in [0.2, 0.25) is 0 Å². The van der Waals surface area contributed by atoms with Gasteiger partial charge in [-0.05, 0) is 39.3 Å². The molecule has 0 radical (unpaired) electrons. The molecule has 5 atom stereocenters. The van der Waals surface area contributed by atoms with Crippen LogP contribution in [0.4, 0.5) is 0 Å². The monoisotopic (exact) mass is 360 g/mol. The summed E-state index contributed by atoms with van der Waals surface area (Å²) in [7, 11) is 0. The molecule has 1 heterocycles. The van der Waals surface area contributed by atoms with Gasteiger partial charge in [0.05, 0.1) is 11.8 Å². The van der Waals surface area contributed by atoms with Crippen LogP contribution in [0.3, 0.4) is 0 Å². The zero-order chi connectivity index (χ0) is 19.2. The van der Waals surface area contributed by atoms with Gasteiger partial charge in [-0.25, -0.2) is 14.5 Å². The first kappa shape index (κ1) is 18.6. The summed E-state index contributed by atoms with van der Waals surface area (Å²) in [5.41, 5.74) is 1.39. The van der Waals surface area contributed by atoms with Gasteiger partial charge in [-0.15, -0.1) is 0 Å². The van der Waals surface area contributed by atoms with Crippen molar-refractivity contribution in [2.24, 2.45) is 11.8 Å². The molecule has 0 aromatic rings. The first-order valence-electron chi connectivity index (χ1n) is 8.68. The molecular formula is C20H24O6. The van der Waals surface area contributed by atoms with Gasteiger partial charge >= 0.3 is 11.9 Å². The van der Waals surface area contributed by atoms with E-state index in [4.69, 9.17) is 14.4 Å². The van der Waals surface area contributed by atoms with Crippen LogP contribution < -0.4 is 0 Å². The minimum absolute atomic E-state index is 0.267. The van der Waals surface area contributed by atoms with Crippen LogP contribution in [0.2, 0.25) is 0 Å². The van der Waals surface area contributed by atoms with Gasteiger partial charge in [-0.2, -0.15) is 0 Å². The number of allylic oxidation sites excluding steroid dienone is 1. The Kier molecular flexibility index (Phi) is 4.67. The van der Waals surface area contributed by atoms with Crippen molar-refractivity contribution in [2.45, 2.75) is 51.9 Å². The Balaban J connectivity index is 2.09. The van der Waals surface area contributed by atoms with Gasteiger partial charge in [-0.1, -0.05) is 24.3 Å². The fourth-order valence-corrected chi connectivity index (χ4v) is 4.23. The van der Waals surface area contributed by atoms with Crippen molar-refractivity contribution in [1.29, 1.82) is 0 Å². The van der Waals surface area contributed by atoms with E-state index in [2.05, 4.69) is 6.58 Å². The molecule has 1 fully saturated rings. The van der Waals surface area contributed by atoms with Gasteiger partial charge in [0.25, 0.3) is 0 Å². The Bertz CT molecular complexity index is 758. The van der Waals surface area contributed by atoms with E-state index in [9.17, 15) is 14.8 Å². The van der Waals surface area contributed by atoms with Crippen molar-refractivity contribution in [3.8, 4) is 0 Å². The third-order valence-corrected chi connectivity index (χ3v) is 5.91. The largest absolute Gasteiger partial charge is 0.457 e. The lowest BCUT2D eigenvalue weighted by Gasteiger charge is -2.36. The highest BCUT2D eigenvalue weighted by molar-refractivity contribution is 5.92. The molecule has 0 aromatic heterocycles. The number of carbonyl (C=O) groups is 2. The minimum Gasteiger partial charge on any atom is -0.457 e. The highest BCUT2D eigenvalue weighted by atomic mass is 17.1. The maximum absolute atomic E-state index is 12.3. The number of fused-ring (bicyclic) bond motifs is 3. The molecule has 1 saturated heterocycles. The Morgan fingerprint density at radius 2 is 2.15 bits per heavy atom. The molecule has 5 unspecified atom stereocenters. The third kappa shape index (κ3) is 2.56. The SMILES string of the molecule is C=C1C(=O)OC2C1C(OC(=O)C(C)=CC)C=C(C)C1(OO)CC=C(C)C21. The summed E-state index contributed by atoms with van der Waals surface area (Å²) < 4.78 is 11.3. The molecule has 3 rings (SSSR count). The zero-order valence-electron chi connectivity index (χ0n) is 15.4. The minimum atomic E-state index is -1.03. The molecule has 0 saturated carbocycles. The van der Waals surface area contributed by atoms with Crippen molar-refractivity contribution < 1.29 is 29.2 Å². The molecule has 2 aliphatic carbocycles. The van der Waals surface area contributed by atoms with Crippen molar-refractivity contribution in [2.75, 3.05) is 0 Å². The lowest BCUT2D eigenvalue weighted by molar-refractivity contribution is -0.323. The molecule has 0 bridgehead atoms. The molecule has 1 aliphatic heterocycles. The lowest BCUT2D eigenvalue weighted by atomic mass is 9.76. The summed E-state index contributed by atoms with van der Waals surface area (Å²) >= 11 is 0. The summed E-state index contributed by atoms with van der Waals surface area (Å²) in [5.74, 6) is -1.88. The van der Waals surface area contributed by atoms with E-state index in [0.717, 1.165) is 11.1 Å². The van der Waals surface area contributed by atoms with Gasteiger partial charge in [0.15, 0.2) is 0 Å². The fourth-order valence-electron chi connectivity index (χ4n) is 4.23. The number of hydrogen-bond donors (Lipinski definition) is 1. The molecule has 6 nitrogen and oxygen atoms in total. The third-order valence-electron chi connectivity index (χ3n) is 5.91. The summed E-state index contributed by atoms with van der Waals surface area (Å²) in [5, 5.41) is 9.76. The second-order valence-corrected chi connectivity index (χ2v) is 7.22. The van der Waals surface area contributed by atoms with Gasteiger partial charge < -0.3 is 9.47 Å². The van der Waals surface area contributed by atoms with E-state index in [1.54, 1.807) is 26.0 Å². The first-order valence-corrected chi connectivity index (χ1v) is 8.68. The fraction of sp³-hybridized carbons (Fsp3) is 0.500. The maximum Gasteiger partial charge on any atom is 0.334 e. The molecule has 26 heavy (non-hydrogen) atoms. The number of rotatable bonds is 3. The second kappa shape index (κ2) is 6.52. The van der Waals surface area contributed by atoms with Crippen molar-refractivity contribution in [3.63, 3.8) is 0 Å². The molecule has 0 aromatic carbocycles. The molecular weight excluding hydrogens is 336 g/mol. The van der Waals surface area contributed by atoms with Crippen LogP contribution in [-0.4, -0.2) is 35.0 Å². The predicted molar refractivity (Wildman–Crippen MR) is 93.9 cm³/mol. The molecule has 0 amide bonds. The second-order valence-electron chi connectivity index (χ2n) is 7.22. The van der Waals surface area contributed by atoms with E-state index in [1.165, 1.54) is 0 Å². The average molecular weight is 360 g/mol. The Morgan fingerprint density at radius 3 is 2.77 bits per heavy atom. The van der Waals surface area contributed by atoms with E-state index < -0.39 is 35.7 Å². The van der Waals surface area contributed by atoms with Crippen LogP contribution in [-0.2, 0) is 24.0 Å². The van der Waals surface area contributed by atoms with Gasteiger partial charge in [0.1, 0.15) is 17.8 Å². The van der Waals surface area contributed by atoms with Crippen LogP contribution >= 0.6 is 0 Å². The van der Waals surface area contributed by atoms with Crippen LogP contribution in [0.15, 0.2) is 47.1 Å². The van der Waals surface area contributed by atoms with Crippen LogP contribution in [0.5, 0.6) is 0 Å². The summed E-state index contributed by atoms with van der Waals surface area (Å²) in [4.78, 5) is 29.5. The van der Waals surface area contributed by atoms with Crippen LogP contribution in [0, 0.1) is 11.8 Å². The summed E-state index contributed by atoms with van der Waals surface area (Å²) in [6.07, 6.45) is 4.47. The van der Waals surface area contributed by atoms with E-state index in [-0.39, 0.29) is 11.5 Å². The summed E-state index contributed by atoms with van der Waals surface area (Å²) in [6, 6.07) is 0. The van der Waals surface area contributed by atoms with E-state index in [0.29, 0.717) is 12.0 Å². The quantitative estimate of drug-likeness (QED) is 0.274. The van der Waals surface area contributed by atoms with Crippen LogP contribution in [0.25, 0.3) is 0 Å². The topological polar surface area (TPSA) is 82.1 Å². The molecule has 6 heteroatoms. The highest BCUT2D eigenvalue weighted by Crippen LogP contribution is 2.53. The lowest BCUT2D eigenvalue weighted by Crippen LogP contribution is -2.46. The van der Waals surface area contributed by atoms with Crippen molar-refractivity contribution in [3.05, 3.63) is 47.1 Å². The molecule has 3 aliphatic rings. The van der Waals surface area contributed by atoms with E-state index >= 15 is 0 Å². The van der Waals surface area contributed by atoms with E-state index in [1.807, 2.05) is 19.9 Å². The van der Waals surface area contributed by atoms with Crippen LogP contribution in [0.1, 0.15) is 34.1 Å². The zero-order valence-corrected chi connectivity index (χ0v) is 15.4. The Labute approximate surface area is 152 Å². The number of esters is 2. The Morgan fingerprint density at radius 1 is 1.46 bits per heavy atom. The Hall–Kier alpha value is -2.18. The maximum atomic E-state index is 12.3. The number of hydrogen-bond acceptors (Lipinski definition) is 6. The van der Waals surface area contributed by atoms with Gasteiger partial charge in [0, 0.05) is 17.6 Å². The normalized spacial score (nSPS) is 36.6. The summed E-state index contributed by atoms with van der Waals surface area (Å²) in [6.45, 7) is 11.0. The number of carbonyl (C=O) groups excluding carboxylic acids is 2. The average Bonchev–Trinajstić information content (AvgIpc) is 3.07. The first-order chi connectivity index (χ1) is 12.3. The highest BCUT2D eigenvalue weighted by Gasteiger charge is 2.60. The van der Waals surface area contributed by atoms with Crippen molar-refractivity contribution in [1.82, 2.24) is 0 Å².